The fourth-order valence-corrected chi connectivity index (χ4v) is 2.19. The number of carbonyl (C=O) groups excluding carboxylic acids is 1. The molecule has 1 aliphatic carbocycles. The first kappa shape index (κ1) is 16.4. The summed E-state index contributed by atoms with van der Waals surface area (Å²) in [4.78, 5) is 11.9. The van der Waals surface area contributed by atoms with Gasteiger partial charge in [0, 0.05) is 19.1 Å². The monoisotopic (exact) mass is 273 g/mol. The summed E-state index contributed by atoms with van der Waals surface area (Å²) < 4.78 is 15.8. The molecule has 0 aromatic carbocycles. The number of methoxy groups -OCH3 is 1. The Morgan fingerprint density at radius 2 is 2.11 bits per heavy atom. The molecular formula is C14H27NO4. The molecule has 0 aromatic heterocycles. The van der Waals surface area contributed by atoms with Crippen molar-refractivity contribution in [1.82, 2.24) is 5.32 Å². The van der Waals surface area contributed by atoms with Gasteiger partial charge in [-0.25, -0.2) is 0 Å². The Morgan fingerprint density at radius 3 is 2.63 bits per heavy atom. The predicted octanol–water partition coefficient (Wildman–Crippen LogP) is 1.50. The molecule has 5 nitrogen and oxygen atoms in total. The summed E-state index contributed by atoms with van der Waals surface area (Å²) in [5, 5.41) is 3.36. The number of esters is 1. The summed E-state index contributed by atoms with van der Waals surface area (Å²) in [6.07, 6.45) is 2.84. The van der Waals surface area contributed by atoms with Gasteiger partial charge in [-0.2, -0.15) is 0 Å². The first-order valence-electron chi connectivity index (χ1n) is 7.07. The molecule has 1 rings (SSSR count). The second-order valence-electron chi connectivity index (χ2n) is 5.32. The van der Waals surface area contributed by atoms with Crippen LogP contribution in [0.25, 0.3) is 0 Å². The standard InChI is InChI=1S/C14H27NO4/c1-5-18-8-9-19-11(2)10-14(3,13(16)17-4)15-12-6-7-12/h11-12,15H,5-10H2,1-4H3. The van der Waals surface area contributed by atoms with E-state index < -0.39 is 5.54 Å². The minimum atomic E-state index is -0.666. The molecular weight excluding hydrogens is 246 g/mol. The van der Waals surface area contributed by atoms with Crippen molar-refractivity contribution in [2.45, 2.75) is 57.7 Å². The van der Waals surface area contributed by atoms with Crippen LogP contribution < -0.4 is 5.32 Å². The van der Waals surface area contributed by atoms with Gasteiger partial charge in [-0.3, -0.25) is 10.1 Å². The van der Waals surface area contributed by atoms with Gasteiger partial charge in [-0.1, -0.05) is 0 Å². The zero-order chi connectivity index (χ0) is 14.3. The zero-order valence-corrected chi connectivity index (χ0v) is 12.5. The van der Waals surface area contributed by atoms with Gasteiger partial charge in [0.1, 0.15) is 5.54 Å². The maximum atomic E-state index is 11.9. The zero-order valence-electron chi connectivity index (χ0n) is 12.5. The summed E-state index contributed by atoms with van der Waals surface area (Å²) in [6.45, 7) is 7.65. The van der Waals surface area contributed by atoms with E-state index in [9.17, 15) is 4.79 Å². The van der Waals surface area contributed by atoms with E-state index >= 15 is 0 Å². The second-order valence-corrected chi connectivity index (χ2v) is 5.32. The second kappa shape index (κ2) is 7.82. The average Bonchev–Trinajstić information content (AvgIpc) is 3.17. The Labute approximate surface area is 116 Å². The highest BCUT2D eigenvalue weighted by molar-refractivity contribution is 5.80. The SMILES string of the molecule is CCOCCOC(C)CC(C)(NC1CC1)C(=O)OC. The highest BCUT2D eigenvalue weighted by atomic mass is 16.5. The molecule has 0 spiro atoms. The van der Waals surface area contributed by atoms with Gasteiger partial charge in [0.25, 0.3) is 0 Å². The molecule has 19 heavy (non-hydrogen) atoms. The molecule has 2 unspecified atom stereocenters. The largest absolute Gasteiger partial charge is 0.468 e. The van der Waals surface area contributed by atoms with Crippen molar-refractivity contribution >= 4 is 5.97 Å². The minimum absolute atomic E-state index is 0.0178. The van der Waals surface area contributed by atoms with Crippen molar-refractivity contribution in [1.29, 1.82) is 0 Å². The Bertz CT molecular complexity index is 281. The maximum Gasteiger partial charge on any atom is 0.325 e. The summed E-state index contributed by atoms with van der Waals surface area (Å²) in [7, 11) is 1.43. The minimum Gasteiger partial charge on any atom is -0.468 e. The fraction of sp³-hybridized carbons (Fsp3) is 0.929. The lowest BCUT2D eigenvalue weighted by atomic mass is 9.94. The predicted molar refractivity (Wildman–Crippen MR) is 73.1 cm³/mol. The lowest BCUT2D eigenvalue weighted by Gasteiger charge is -2.30. The number of nitrogens with one attached hydrogen (secondary N) is 1. The summed E-state index contributed by atoms with van der Waals surface area (Å²) in [5.74, 6) is -0.223. The molecule has 1 saturated carbocycles. The van der Waals surface area contributed by atoms with Crippen LogP contribution in [0.3, 0.4) is 0 Å². The van der Waals surface area contributed by atoms with E-state index in [1.807, 2.05) is 20.8 Å². The van der Waals surface area contributed by atoms with E-state index in [0.717, 1.165) is 12.8 Å². The van der Waals surface area contributed by atoms with E-state index in [2.05, 4.69) is 5.32 Å². The van der Waals surface area contributed by atoms with Crippen LogP contribution in [0, 0.1) is 0 Å². The van der Waals surface area contributed by atoms with Crippen molar-refractivity contribution in [3.8, 4) is 0 Å². The van der Waals surface area contributed by atoms with E-state index in [-0.39, 0.29) is 12.1 Å². The van der Waals surface area contributed by atoms with Gasteiger partial charge in [0.2, 0.25) is 0 Å². The van der Waals surface area contributed by atoms with Crippen LogP contribution in [-0.4, -0.2) is 50.6 Å². The van der Waals surface area contributed by atoms with E-state index in [0.29, 0.717) is 32.3 Å². The van der Waals surface area contributed by atoms with Crippen LogP contribution in [0.5, 0.6) is 0 Å². The molecule has 0 heterocycles. The van der Waals surface area contributed by atoms with Crippen molar-refractivity contribution in [3.05, 3.63) is 0 Å². The number of rotatable bonds is 10. The Hall–Kier alpha value is -0.650. The number of carbonyl (C=O) groups is 1. The highest BCUT2D eigenvalue weighted by Crippen LogP contribution is 2.26. The molecule has 2 atom stereocenters. The van der Waals surface area contributed by atoms with E-state index in [1.54, 1.807) is 0 Å². The third-order valence-corrected chi connectivity index (χ3v) is 3.27. The van der Waals surface area contributed by atoms with Crippen LogP contribution in [0.15, 0.2) is 0 Å². The molecule has 0 saturated heterocycles. The van der Waals surface area contributed by atoms with Gasteiger partial charge >= 0.3 is 5.97 Å². The molecule has 1 fully saturated rings. The van der Waals surface area contributed by atoms with Crippen LogP contribution in [-0.2, 0) is 19.0 Å². The van der Waals surface area contributed by atoms with Crippen molar-refractivity contribution in [2.75, 3.05) is 26.9 Å². The molecule has 0 bridgehead atoms. The summed E-state index contributed by atoms with van der Waals surface area (Å²) >= 11 is 0. The van der Waals surface area contributed by atoms with Gasteiger partial charge in [-0.15, -0.1) is 0 Å². The van der Waals surface area contributed by atoms with Crippen molar-refractivity contribution in [2.24, 2.45) is 0 Å². The fourth-order valence-electron chi connectivity index (χ4n) is 2.19. The highest BCUT2D eigenvalue weighted by Gasteiger charge is 2.40. The smallest absolute Gasteiger partial charge is 0.325 e. The van der Waals surface area contributed by atoms with Gasteiger partial charge < -0.3 is 14.2 Å². The topological polar surface area (TPSA) is 56.8 Å². The van der Waals surface area contributed by atoms with Crippen LogP contribution in [0.2, 0.25) is 0 Å². The molecule has 5 heteroatoms. The van der Waals surface area contributed by atoms with Gasteiger partial charge in [0.15, 0.2) is 0 Å². The Morgan fingerprint density at radius 1 is 1.42 bits per heavy atom. The van der Waals surface area contributed by atoms with E-state index in [4.69, 9.17) is 14.2 Å². The molecule has 1 aliphatic rings. The quantitative estimate of drug-likeness (QED) is 0.483. The molecule has 1 N–H and O–H groups in total. The van der Waals surface area contributed by atoms with Crippen LogP contribution >= 0.6 is 0 Å². The summed E-state index contributed by atoms with van der Waals surface area (Å²) in [6, 6.07) is 0.444. The maximum absolute atomic E-state index is 11.9. The number of hydrogen-bond acceptors (Lipinski definition) is 5. The van der Waals surface area contributed by atoms with Crippen LogP contribution in [0.4, 0.5) is 0 Å². The molecule has 0 aromatic rings. The average molecular weight is 273 g/mol. The third kappa shape index (κ3) is 5.89. The number of hydrogen-bond donors (Lipinski definition) is 1. The first-order chi connectivity index (χ1) is 9.01. The van der Waals surface area contributed by atoms with Crippen LogP contribution in [0.1, 0.15) is 40.0 Å². The van der Waals surface area contributed by atoms with Crippen molar-refractivity contribution < 1.29 is 19.0 Å². The summed E-state index contributed by atoms with van der Waals surface area (Å²) in [5.41, 5.74) is -0.666. The third-order valence-electron chi connectivity index (χ3n) is 3.27. The molecule has 112 valence electrons. The molecule has 0 radical (unpaired) electrons. The first-order valence-corrected chi connectivity index (χ1v) is 7.07. The number of ether oxygens (including phenoxy) is 3. The lowest BCUT2D eigenvalue weighted by Crippen LogP contribution is -2.53. The normalized spacial score (nSPS) is 19.8. The Kier molecular flexibility index (Phi) is 6.75. The molecule has 0 aliphatic heterocycles. The van der Waals surface area contributed by atoms with Gasteiger partial charge in [-0.05, 0) is 33.6 Å². The van der Waals surface area contributed by atoms with Crippen molar-refractivity contribution in [3.63, 3.8) is 0 Å². The molecule has 0 amide bonds. The van der Waals surface area contributed by atoms with E-state index in [1.165, 1.54) is 7.11 Å². The lowest BCUT2D eigenvalue weighted by molar-refractivity contribution is -0.149. The van der Waals surface area contributed by atoms with Gasteiger partial charge in [0.05, 0.1) is 26.4 Å². The Balaban J connectivity index is 2.39.